The maximum absolute atomic E-state index is 12.9. The van der Waals surface area contributed by atoms with Crippen LogP contribution in [0.4, 0.5) is 0 Å². The Balaban J connectivity index is 2.49. The molecular formula is C17H14ClN3OS. The molecular weight excluding hydrogens is 330 g/mol. The van der Waals surface area contributed by atoms with Crippen LogP contribution in [0.2, 0.25) is 5.02 Å². The molecule has 0 bridgehead atoms. The lowest BCUT2D eigenvalue weighted by Crippen LogP contribution is -2.21. The highest BCUT2D eigenvalue weighted by molar-refractivity contribution is 7.98. The van der Waals surface area contributed by atoms with Gasteiger partial charge in [-0.05, 0) is 17.9 Å². The predicted molar refractivity (Wildman–Crippen MR) is 97.1 cm³/mol. The van der Waals surface area contributed by atoms with Gasteiger partial charge in [0.05, 0.1) is 5.56 Å². The third-order valence-electron chi connectivity index (χ3n) is 3.67. The van der Waals surface area contributed by atoms with E-state index in [1.807, 2.05) is 24.5 Å². The molecule has 0 N–H and O–H groups in total. The van der Waals surface area contributed by atoms with E-state index in [-0.39, 0.29) is 5.56 Å². The first kappa shape index (κ1) is 15.8. The fourth-order valence-corrected chi connectivity index (χ4v) is 3.12. The molecule has 0 aliphatic rings. The van der Waals surface area contributed by atoms with E-state index in [2.05, 4.69) is 16.5 Å². The van der Waals surface area contributed by atoms with Crippen LogP contribution >= 0.6 is 23.4 Å². The largest absolute Gasteiger partial charge is 0.295 e. The lowest BCUT2D eigenvalue weighted by atomic mass is 9.99. The lowest BCUT2D eigenvalue weighted by molar-refractivity contribution is 0.861. The summed E-state index contributed by atoms with van der Waals surface area (Å²) in [6.07, 6.45) is 5.28. The van der Waals surface area contributed by atoms with Crippen molar-refractivity contribution in [2.45, 2.75) is 5.16 Å². The van der Waals surface area contributed by atoms with Gasteiger partial charge in [-0.3, -0.25) is 9.36 Å². The topological polar surface area (TPSA) is 47.8 Å². The number of halogens is 1. The Labute approximate surface area is 142 Å². The minimum Gasteiger partial charge on any atom is -0.295 e. The molecule has 3 rings (SSSR count). The average molecular weight is 344 g/mol. The summed E-state index contributed by atoms with van der Waals surface area (Å²) in [7, 11) is 1.70. The first-order valence-corrected chi connectivity index (χ1v) is 8.49. The molecule has 3 aromatic rings. The van der Waals surface area contributed by atoms with E-state index in [0.29, 0.717) is 32.5 Å². The summed E-state index contributed by atoms with van der Waals surface area (Å²) in [5.74, 6) is 0. The van der Waals surface area contributed by atoms with Crippen molar-refractivity contribution in [3.63, 3.8) is 0 Å². The highest BCUT2D eigenvalue weighted by atomic mass is 35.5. The highest BCUT2D eigenvalue weighted by Gasteiger charge is 2.18. The molecule has 0 saturated heterocycles. The van der Waals surface area contributed by atoms with Crippen molar-refractivity contribution in [3.05, 3.63) is 58.0 Å². The van der Waals surface area contributed by atoms with Crippen molar-refractivity contribution in [1.29, 1.82) is 0 Å². The van der Waals surface area contributed by atoms with Crippen molar-refractivity contribution in [2.24, 2.45) is 7.05 Å². The number of benzene rings is 1. The van der Waals surface area contributed by atoms with Gasteiger partial charge in [-0.1, -0.05) is 54.2 Å². The molecule has 0 aliphatic heterocycles. The minimum atomic E-state index is -0.161. The zero-order chi connectivity index (χ0) is 16.6. The van der Waals surface area contributed by atoms with Crippen LogP contribution in [0.5, 0.6) is 0 Å². The zero-order valence-corrected chi connectivity index (χ0v) is 14.3. The van der Waals surface area contributed by atoms with Gasteiger partial charge >= 0.3 is 0 Å². The van der Waals surface area contributed by atoms with Crippen LogP contribution < -0.4 is 5.56 Å². The molecule has 2 aromatic heterocycles. The Morgan fingerprint density at radius 2 is 2.09 bits per heavy atom. The van der Waals surface area contributed by atoms with Gasteiger partial charge in [0, 0.05) is 29.2 Å². The number of hydrogen-bond acceptors (Lipinski definition) is 4. The average Bonchev–Trinajstić information content (AvgIpc) is 2.58. The van der Waals surface area contributed by atoms with Crippen LogP contribution in [0.3, 0.4) is 0 Å². The van der Waals surface area contributed by atoms with E-state index >= 15 is 0 Å². The molecule has 0 atom stereocenters. The number of pyridine rings is 1. The Hall–Kier alpha value is -2.11. The molecule has 0 amide bonds. The summed E-state index contributed by atoms with van der Waals surface area (Å²) in [6, 6.07) is 7.28. The molecule has 4 nitrogen and oxygen atoms in total. The van der Waals surface area contributed by atoms with E-state index in [1.54, 1.807) is 25.4 Å². The van der Waals surface area contributed by atoms with Crippen molar-refractivity contribution < 1.29 is 0 Å². The summed E-state index contributed by atoms with van der Waals surface area (Å²) < 4.78 is 1.53. The van der Waals surface area contributed by atoms with Gasteiger partial charge in [0.15, 0.2) is 5.16 Å². The Morgan fingerprint density at radius 3 is 2.74 bits per heavy atom. The highest BCUT2D eigenvalue weighted by Crippen LogP contribution is 2.32. The van der Waals surface area contributed by atoms with Crippen molar-refractivity contribution in [1.82, 2.24) is 14.5 Å². The second kappa shape index (κ2) is 6.18. The van der Waals surface area contributed by atoms with Crippen LogP contribution in [0.1, 0.15) is 5.56 Å². The summed E-state index contributed by atoms with van der Waals surface area (Å²) in [5.41, 5.74) is 2.32. The molecule has 1 aromatic carbocycles. The Morgan fingerprint density at radius 1 is 1.35 bits per heavy atom. The lowest BCUT2D eigenvalue weighted by Gasteiger charge is -2.14. The minimum absolute atomic E-state index is 0.161. The number of aromatic nitrogens is 3. The summed E-state index contributed by atoms with van der Waals surface area (Å²) in [6.45, 7) is 3.86. The van der Waals surface area contributed by atoms with Crippen molar-refractivity contribution in [2.75, 3.05) is 6.26 Å². The number of rotatable bonds is 3. The van der Waals surface area contributed by atoms with Gasteiger partial charge in [-0.2, -0.15) is 0 Å². The normalized spacial score (nSPS) is 10.9. The molecule has 0 radical (unpaired) electrons. The summed E-state index contributed by atoms with van der Waals surface area (Å²) in [4.78, 5) is 21.7. The van der Waals surface area contributed by atoms with E-state index in [9.17, 15) is 4.79 Å². The van der Waals surface area contributed by atoms with Gasteiger partial charge in [-0.25, -0.2) is 9.97 Å². The Bertz CT molecular complexity index is 981. The molecule has 0 aliphatic carbocycles. The van der Waals surface area contributed by atoms with E-state index in [1.165, 1.54) is 16.3 Å². The number of thioether (sulfide) groups is 1. The van der Waals surface area contributed by atoms with Gasteiger partial charge in [0.1, 0.15) is 5.65 Å². The van der Waals surface area contributed by atoms with Crippen molar-refractivity contribution in [3.8, 4) is 11.1 Å². The van der Waals surface area contributed by atoms with E-state index in [4.69, 9.17) is 11.6 Å². The number of aryl methyl sites for hydroxylation is 1. The van der Waals surface area contributed by atoms with E-state index in [0.717, 1.165) is 5.39 Å². The molecule has 0 saturated carbocycles. The summed E-state index contributed by atoms with van der Waals surface area (Å²) >= 11 is 7.72. The van der Waals surface area contributed by atoms with Crippen LogP contribution in [-0.4, -0.2) is 20.8 Å². The molecule has 6 heteroatoms. The van der Waals surface area contributed by atoms with E-state index < -0.39 is 0 Å². The number of hydrogen-bond donors (Lipinski definition) is 0. The monoisotopic (exact) mass is 343 g/mol. The molecule has 23 heavy (non-hydrogen) atoms. The van der Waals surface area contributed by atoms with Gasteiger partial charge < -0.3 is 0 Å². The van der Waals surface area contributed by atoms with Crippen LogP contribution in [-0.2, 0) is 7.05 Å². The number of nitrogens with zero attached hydrogens (tertiary/aromatic N) is 3. The SMILES string of the molecule is C=Cc1c(-c2ccccc2Cl)c(=O)n(C)c2nc(SC)ncc12. The molecule has 0 fully saturated rings. The summed E-state index contributed by atoms with van der Waals surface area (Å²) in [5, 5.41) is 1.91. The maximum Gasteiger partial charge on any atom is 0.260 e. The van der Waals surface area contributed by atoms with Crippen LogP contribution in [0.15, 0.2) is 47.0 Å². The zero-order valence-electron chi connectivity index (χ0n) is 12.7. The maximum atomic E-state index is 12.9. The molecule has 116 valence electrons. The standard InChI is InChI=1S/C17H14ClN3OS/c1-4-10-12-9-19-17(23-3)20-15(12)21(2)16(22)14(10)11-7-5-6-8-13(11)18/h4-9H,1H2,2-3H3. The molecule has 0 spiro atoms. The number of fused-ring (bicyclic) bond motifs is 1. The first-order valence-electron chi connectivity index (χ1n) is 6.89. The van der Waals surface area contributed by atoms with Crippen LogP contribution in [0, 0.1) is 0 Å². The third kappa shape index (κ3) is 2.56. The smallest absolute Gasteiger partial charge is 0.260 e. The Kier molecular flexibility index (Phi) is 4.24. The quantitative estimate of drug-likeness (QED) is 0.532. The predicted octanol–water partition coefficient (Wildman–Crippen LogP) is 4.01. The third-order valence-corrected chi connectivity index (χ3v) is 4.56. The van der Waals surface area contributed by atoms with Gasteiger partial charge in [0.2, 0.25) is 0 Å². The van der Waals surface area contributed by atoms with Crippen molar-refractivity contribution >= 4 is 40.5 Å². The fraction of sp³-hybridized carbons (Fsp3) is 0.118. The molecule has 0 unspecified atom stereocenters. The first-order chi connectivity index (χ1) is 11.1. The van der Waals surface area contributed by atoms with Gasteiger partial charge in [-0.15, -0.1) is 0 Å². The van der Waals surface area contributed by atoms with Crippen LogP contribution in [0.25, 0.3) is 28.2 Å². The second-order valence-corrected chi connectivity index (χ2v) is 6.11. The fourth-order valence-electron chi connectivity index (χ4n) is 2.55. The molecule has 2 heterocycles. The van der Waals surface area contributed by atoms with Gasteiger partial charge in [0.25, 0.3) is 5.56 Å². The second-order valence-electron chi connectivity index (χ2n) is 4.93.